The molecule has 10 nitrogen and oxygen atoms in total. The van der Waals surface area contributed by atoms with Gasteiger partial charge in [0, 0.05) is 38.8 Å². The van der Waals surface area contributed by atoms with Gasteiger partial charge in [-0.05, 0) is 20.0 Å². The van der Waals surface area contributed by atoms with Gasteiger partial charge in [-0.3, -0.25) is 4.68 Å². The third-order valence-corrected chi connectivity index (χ3v) is 4.00. The third-order valence-electron chi connectivity index (χ3n) is 4.00. The molecule has 0 spiro atoms. The quantitative estimate of drug-likeness (QED) is 0.459. The van der Waals surface area contributed by atoms with Gasteiger partial charge < -0.3 is 26.6 Å². The first-order valence-electron chi connectivity index (χ1n) is 8.62. The van der Waals surface area contributed by atoms with Gasteiger partial charge in [-0.25, -0.2) is 0 Å². The Morgan fingerprint density at radius 2 is 2.12 bits per heavy atom. The number of nitrogens with zero attached hydrogens (tertiary/aromatic N) is 6. The highest BCUT2D eigenvalue weighted by molar-refractivity contribution is 5.51. The first-order valence-corrected chi connectivity index (χ1v) is 8.62. The number of nitrogens with two attached hydrogens (primary N) is 1. The van der Waals surface area contributed by atoms with E-state index in [4.69, 9.17) is 5.73 Å². The van der Waals surface area contributed by atoms with Gasteiger partial charge in [0.15, 0.2) is 0 Å². The van der Waals surface area contributed by atoms with Crippen LogP contribution >= 0.6 is 0 Å². The smallest absolute Gasteiger partial charge is 0.226 e. The Bertz CT molecular complexity index is 664. The minimum atomic E-state index is 0.460. The van der Waals surface area contributed by atoms with E-state index in [2.05, 4.69) is 41.1 Å². The van der Waals surface area contributed by atoms with Crippen molar-refractivity contribution in [2.45, 2.75) is 19.5 Å². The Kier molecular flexibility index (Phi) is 5.96. The van der Waals surface area contributed by atoms with E-state index < -0.39 is 0 Å². The predicted octanol–water partition coefficient (Wildman–Crippen LogP) is -0.718. The van der Waals surface area contributed by atoms with Crippen molar-refractivity contribution in [3.05, 3.63) is 18.0 Å². The normalized spacial score (nSPS) is 14.7. The average molecular weight is 346 g/mol. The van der Waals surface area contributed by atoms with Crippen molar-refractivity contribution >= 4 is 17.6 Å². The summed E-state index contributed by atoms with van der Waals surface area (Å²) in [6.45, 7) is 6.03. The number of piperazine rings is 1. The van der Waals surface area contributed by atoms with E-state index in [0.717, 1.165) is 57.2 Å². The van der Waals surface area contributed by atoms with Crippen molar-refractivity contribution in [1.29, 1.82) is 0 Å². The predicted molar refractivity (Wildman–Crippen MR) is 97.4 cm³/mol. The zero-order valence-electron chi connectivity index (χ0n) is 14.6. The van der Waals surface area contributed by atoms with Crippen LogP contribution in [-0.4, -0.2) is 64.7 Å². The molecule has 25 heavy (non-hydrogen) atoms. The molecule has 0 unspecified atom stereocenters. The van der Waals surface area contributed by atoms with Crippen LogP contribution in [0.4, 0.5) is 17.6 Å². The third kappa shape index (κ3) is 5.00. The summed E-state index contributed by atoms with van der Waals surface area (Å²) in [5.74, 6) is 1.83. The fraction of sp³-hybridized carbons (Fsp3) is 0.600. The Balaban J connectivity index is 1.58. The molecule has 0 aliphatic carbocycles. The SMILES string of the molecule is CNCCCn1cc(CNc2nc(N)cc(N3CCNCC3)n2)nn1. The molecule has 0 radical (unpaired) electrons. The zero-order valence-corrected chi connectivity index (χ0v) is 14.6. The van der Waals surface area contributed by atoms with E-state index in [1.54, 1.807) is 0 Å². The molecule has 5 N–H and O–H groups in total. The molecule has 2 aromatic heterocycles. The molecule has 2 aromatic rings. The molecule has 0 saturated carbocycles. The van der Waals surface area contributed by atoms with Crippen molar-refractivity contribution in [1.82, 2.24) is 35.6 Å². The number of hydrogen-bond acceptors (Lipinski definition) is 9. The van der Waals surface area contributed by atoms with E-state index in [0.29, 0.717) is 18.3 Å². The molecule has 10 heteroatoms. The van der Waals surface area contributed by atoms with Gasteiger partial charge >= 0.3 is 0 Å². The summed E-state index contributed by atoms with van der Waals surface area (Å²) in [7, 11) is 1.94. The summed E-state index contributed by atoms with van der Waals surface area (Å²) < 4.78 is 1.85. The van der Waals surface area contributed by atoms with Gasteiger partial charge in [0.1, 0.15) is 17.3 Å². The van der Waals surface area contributed by atoms with E-state index in [1.807, 2.05) is 24.0 Å². The van der Waals surface area contributed by atoms with Crippen LogP contribution < -0.4 is 26.6 Å². The number of hydrogen-bond donors (Lipinski definition) is 4. The van der Waals surface area contributed by atoms with Crippen LogP contribution in [0.2, 0.25) is 0 Å². The van der Waals surface area contributed by atoms with Crippen molar-refractivity contribution in [2.75, 3.05) is 55.7 Å². The summed E-state index contributed by atoms with van der Waals surface area (Å²) >= 11 is 0. The Labute approximate surface area is 147 Å². The van der Waals surface area contributed by atoms with E-state index in [9.17, 15) is 0 Å². The summed E-state index contributed by atoms with van der Waals surface area (Å²) in [5.41, 5.74) is 6.78. The summed E-state index contributed by atoms with van der Waals surface area (Å²) in [6.07, 6.45) is 2.95. The van der Waals surface area contributed by atoms with E-state index >= 15 is 0 Å². The molecule has 0 amide bonds. The second-order valence-electron chi connectivity index (χ2n) is 6.00. The fourth-order valence-corrected chi connectivity index (χ4v) is 2.70. The number of nitrogens with one attached hydrogen (secondary N) is 3. The molecule has 1 aliphatic rings. The maximum Gasteiger partial charge on any atom is 0.226 e. The number of aryl methyl sites for hydroxylation is 1. The number of aromatic nitrogens is 5. The summed E-state index contributed by atoms with van der Waals surface area (Å²) in [5, 5.41) is 17.9. The van der Waals surface area contributed by atoms with Gasteiger partial charge in [0.05, 0.1) is 12.7 Å². The maximum atomic E-state index is 5.94. The molecule has 1 aliphatic heterocycles. The summed E-state index contributed by atoms with van der Waals surface area (Å²) in [6, 6.07) is 1.81. The highest BCUT2D eigenvalue weighted by Crippen LogP contribution is 2.17. The first-order chi connectivity index (χ1) is 12.2. The first kappa shape index (κ1) is 17.4. The number of rotatable bonds is 8. The lowest BCUT2D eigenvalue weighted by Crippen LogP contribution is -2.44. The lowest BCUT2D eigenvalue weighted by molar-refractivity contribution is 0.545. The van der Waals surface area contributed by atoms with Crippen LogP contribution in [0.3, 0.4) is 0 Å². The van der Waals surface area contributed by atoms with Crippen molar-refractivity contribution < 1.29 is 0 Å². The van der Waals surface area contributed by atoms with Crippen LogP contribution in [0.25, 0.3) is 0 Å². The topological polar surface area (TPSA) is 122 Å². The highest BCUT2D eigenvalue weighted by atomic mass is 15.4. The van der Waals surface area contributed by atoms with E-state index in [-0.39, 0.29) is 0 Å². The second-order valence-corrected chi connectivity index (χ2v) is 6.00. The molecule has 1 saturated heterocycles. The van der Waals surface area contributed by atoms with E-state index in [1.165, 1.54) is 0 Å². The molecule has 3 rings (SSSR count). The molecule has 0 atom stereocenters. The van der Waals surface area contributed by atoms with Crippen LogP contribution in [0, 0.1) is 0 Å². The lowest BCUT2D eigenvalue weighted by Gasteiger charge is -2.28. The minimum Gasteiger partial charge on any atom is -0.383 e. The molecule has 0 bridgehead atoms. The van der Waals surface area contributed by atoms with Gasteiger partial charge in [0.25, 0.3) is 0 Å². The standard InChI is InChI=1S/C15H26N10/c1-17-3-2-6-25-11-12(22-23-25)10-19-15-20-13(16)9-14(21-15)24-7-4-18-5-8-24/h9,11,17-18H,2-8,10H2,1H3,(H3,16,19,20,21). The fourth-order valence-electron chi connectivity index (χ4n) is 2.70. The van der Waals surface area contributed by atoms with Crippen LogP contribution in [0.15, 0.2) is 12.3 Å². The Hall–Kier alpha value is -2.46. The number of nitrogen functional groups attached to an aromatic ring is 1. The van der Waals surface area contributed by atoms with Crippen molar-refractivity contribution in [3.63, 3.8) is 0 Å². The Morgan fingerprint density at radius 1 is 1.28 bits per heavy atom. The Morgan fingerprint density at radius 3 is 2.92 bits per heavy atom. The van der Waals surface area contributed by atoms with Crippen LogP contribution in [-0.2, 0) is 13.1 Å². The lowest BCUT2D eigenvalue weighted by atomic mass is 10.3. The van der Waals surface area contributed by atoms with Crippen molar-refractivity contribution in [2.24, 2.45) is 0 Å². The van der Waals surface area contributed by atoms with Gasteiger partial charge in [-0.2, -0.15) is 9.97 Å². The molecular formula is C15H26N10. The van der Waals surface area contributed by atoms with Crippen LogP contribution in [0.5, 0.6) is 0 Å². The largest absolute Gasteiger partial charge is 0.383 e. The van der Waals surface area contributed by atoms with Gasteiger partial charge in [-0.1, -0.05) is 5.21 Å². The number of anilines is 3. The second kappa shape index (κ2) is 8.58. The summed E-state index contributed by atoms with van der Waals surface area (Å²) in [4.78, 5) is 11.0. The molecular weight excluding hydrogens is 320 g/mol. The zero-order chi connectivity index (χ0) is 17.5. The molecule has 3 heterocycles. The monoisotopic (exact) mass is 346 g/mol. The molecule has 1 fully saturated rings. The van der Waals surface area contributed by atoms with Gasteiger partial charge in [-0.15, -0.1) is 5.10 Å². The maximum absolute atomic E-state index is 5.94. The minimum absolute atomic E-state index is 0.460. The van der Waals surface area contributed by atoms with Gasteiger partial charge in [0.2, 0.25) is 5.95 Å². The van der Waals surface area contributed by atoms with Crippen LogP contribution in [0.1, 0.15) is 12.1 Å². The molecule has 0 aromatic carbocycles. The van der Waals surface area contributed by atoms with Crippen molar-refractivity contribution in [3.8, 4) is 0 Å². The average Bonchev–Trinajstić information content (AvgIpc) is 3.08. The molecule has 136 valence electrons. The highest BCUT2D eigenvalue weighted by Gasteiger charge is 2.14.